The van der Waals surface area contributed by atoms with Crippen molar-refractivity contribution in [3.05, 3.63) is 145 Å². The van der Waals surface area contributed by atoms with Gasteiger partial charge in [0.25, 0.3) is 0 Å². The first-order valence-corrected chi connectivity index (χ1v) is 27.2. The Balaban J connectivity index is 0.000000384. The summed E-state index contributed by atoms with van der Waals surface area (Å²) >= 11 is -0.346. The van der Waals surface area contributed by atoms with E-state index in [9.17, 15) is 0 Å². The fourth-order valence-corrected chi connectivity index (χ4v) is 12.9. The van der Waals surface area contributed by atoms with Crippen LogP contribution in [0.4, 0.5) is 0 Å². The maximum absolute atomic E-state index is 7.59. The molecule has 1 saturated heterocycles. The van der Waals surface area contributed by atoms with E-state index in [4.69, 9.17) is 69.2 Å². The van der Waals surface area contributed by atoms with E-state index >= 15 is 0 Å². The molecule has 0 saturated carbocycles. The molecule has 1 fully saturated rings. The van der Waals surface area contributed by atoms with Gasteiger partial charge in [-0.1, -0.05) is 86.6 Å². The van der Waals surface area contributed by atoms with Gasteiger partial charge in [-0.05, 0) is 62.4 Å². The number of hydrogen-bond donors (Lipinski definition) is 0. The number of benzene rings is 4. The quantitative estimate of drug-likeness (QED) is 0.0830. The topological polar surface area (TPSA) is 129 Å². The van der Waals surface area contributed by atoms with Gasteiger partial charge in [0.2, 0.25) is 23.5 Å². The Kier molecular flexibility index (Phi) is 18.9. The van der Waals surface area contributed by atoms with E-state index < -0.39 is 21.6 Å². The summed E-state index contributed by atoms with van der Waals surface area (Å²) in [7, 11) is 13.0. The zero-order valence-corrected chi connectivity index (χ0v) is 41.2. The van der Waals surface area contributed by atoms with Crippen molar-refractivity contribution in [1.29, 1.82) is 0 Å². The fraction of sp³-hybridized carbons (Fsp3) is 0.277. The third-order valence-electron chi connectivity index (χ3n) is 9.92. The van der Waals surface area contributed by atoms with Crippen LogP contribution in [0.15, 0.2) is 133 Å². The first-order chi connectivity index (χ1) is 29.9. The minimum atomic E-state index is -1.63. The number of rotatable bonds is 13. The van der Waals surface area contributed by atoms with Crippen LogP contribution < -0.4 is 50.8 Å². The monoisotopic (exact) mass is 1000 g/mol. The van der Waals surface area contributed by atoms with Crippen LogP contribution in [0.3, 0.4) is 0 Å². The minimum absolute atomic E-state index is 0.275. The molecule has 7 rings (SSSR count). The second kappa shape index (κ2) is 23.8. The van der Waals surface area contributed by atoms with Crippen LogP contribution in [0, 0.1) is 0 Å². The molecule has 2 aromatic heterocycles. The maximum atomic E-state index is 7.59. The van der Waals surface area contributed by atoms with E-state index in [1.54, 1.807) is 42.3 Å². The molecule has 0 spiro atoms. The molecule has 62 heavy (non-hydrogen) atoms. The Labute approximate surface area is 384 Å². The summed E-state index contributed by atoms with van der Waals surface area (Å²) in [5.41, 5.74) is 16.8. The average molecular weight is 1000 g/mol. The van der Waals surface area contributed by atoms with Crippen molar-refractivity contribution in [2.45, 2.75) is 57.8 Å². The number of aromatic nitrogens is 2. The van der Waals surface area contributed by atoms with Crippen LogP contribution in [0.1, 0.15) is 27.7 Å². The van der Waals surface area contributed by atoms with E-state index in [1.807, 2.05) is 38.1 Å². The molecular formula is C47H54Cl2N4O6P2Ru+2. The SMILES string of the molecule is COc1cc([PH+](c2ccccc2)c2ccccc2)c(-c2c([PH+](c3ccccc3)c3ccccc3)cc(OC)nc2OC)c(OC)n1.C[C@@H]([NH-])[C@H]1OC(C)(C)O[C@@H]1[C@@H](C)[NH-].[Cl][Ru+2][Cl]. The van der Waals surface area contributed by atoms with E-state index in [0.29, 0.717) is 23.5 Å². The number of nitrogens with one attached hydrogen (secondary N) is 2. The van der Waals surface area contributed by atoms with Gasteiger partial charge in [0.15, 0.2) is 5.79 Å². The van der Waals surface area contributed by atoms with Gasteiger partial charge in [-0.3, -0.25) is 0 Å². The van der Waals surface area contributed by atoms with Gasteiger partial charge < -0.3 is 39.9 Å². The molecular weight excluding hydrogens is 950 g/mol. The zero-order chi connectivity index (χ0) is 44.8. The second-order valence-corrected chi connectivity index (χ2v) is 22.1. The number of ether oxygens (including phenoxy) is 6. The van der Waals surface area contributed by atoms with Gasteiger partial charge >= 0.3 is 34.5 Å². The van der Waals surface area contributed by atoms with Gasteiger partial charge in [-0.2, -0.15) is 9.97 Å². The molecule has 2 N–H and O–H groups in total. The van der Waals surface area contributed by atoms with Crippen LogP contribution in [-0.2, 0) is 24.6 Å². The van der Waals surface area contributed by atoms with Gasteiger partial charge in [0.1, 0.15) is 31.8 Å². The van der Waals surface area contributed by atoms with Crippen LogP contribution >= 0.6 is 35.2 Å². The van der Waals surface area contributed by atoms with Crippen LogP contribution in [0.2, 0.25) is 0 Å². The summed E-state index contributed by atoms with van der Waals surface area (Å²) in [6.45, 7) is 7.19. The third kappa shape index (κ3) is 12.3. The molecule has 0 radical (unpaired) electrons. The summed E-state index contributed by atoms with van der Waals surface area (Å²) in [5, 5.41) is 6.98. The number of nitrogens with zero attached hydrogens (tertiary/aromatic N) is 2. The summed E-state index contributed by atoms with van der Waals surface area (Å²) in [6, 6.07) is 45.8. The van der Waals surface area contributed by atoms with Gasteiger partial charge in [-0.25, -0.2) is 0 Å². The van der Waals surface area contributed by atoms with Crippen LogP contribution in [0.5, 0.6) is 23.5 Å². The normalized spacial score (nSPS) is 16.3. The summed E-state index contributed by atoms with van der Waals surface area (Å²) < 4.78 is 34.9. The van der Waals surface area contributed by atoms with E-state index in [-0.39, 0.29) is 39.4 Å². The molecule has 0 unspecified atom stereocenters. The molecule has 3 heterocycles. The molecule has 10 nitrogen and oxygen atoms in total. The molecule has 6 aromatic rings. The van der Waals surface area contributed by atoms with Crippen molar-refractivity contribution in [3.8, 4) is 34.6 Å². The van der Waals surface area contributed by atoms with E-state index in [0.717, 1.165) is 21.7 Å². The first kappa shape index (κ1) is 49.3. The summed E-state index contributed by atoms with van der Waals surface area (Å²) in [5.74, 6) is 1.20. The van der Waals surface area contributed by atoms with Crippen molar-refractivity contribution < 1.29 is 43.6 Å². The van der Waals surface area contributed by atoms with Crippen molar-refractivity contribution in [2.75, 3.05) is 28.4 Å². The molecule has 328 valence electrons. The van der Waals surface area contributed by atoms with Crippen molar-refractivity contribution in [2.24, 2.45) is 0 Å². The third-order valence-corrected chi connectivity index (χ3v) is 15.4. The van der Waals surface area contributed by atoms with Crippen molar-refractivity contribution in [1.82, 2.24) is 9.97 Å². The van der Waals surface area contributed by atoms with Crippen LogP contribution in [0.25, 0.3) is 22.6 Å². The van der Waals surface area contributed by atoms with Gasteiger partial charge in [0.05, 0.1) is 67.6 Å². The second-order valence-electron chi connectivity index (χ2n) is 14.6. The number of halogens is 2. The van der Waals surface area contributed by atoms with Crippen molar-refractivity contribution >= 4 is 67.1 Å². The molecule has 0 aliphatic carbocycles. The first-order valence-electron chi connectivity index (χ1n) is 19.8. The predicted molar refractivity (Wildman–Crippen MR) is 257 cm³/mol. The summed E-state index contributed by atoms with van der Waals surface area (Å²) in [6.07, 6.45) is -0.551. The Morgan fingerprint density at radius 2 is 0.823 bits per heavy atom. The molecule has 4 aromatic carbocycles. The Morgan fingerprint density at radius 3 is 1.05 bits per heavy atom. The van der Waals surface area contributed by atoms with Crippen molar-refractivity contribution in [3.63, 3.8) is 0 Å². The van der Waals surface area contributed by atoms with Gasteiger partial charge in [-0.15, -0.1) is 12.1 Å². The average Bonchev–Trinajstić information content (AvgIpc) is 3.64. The Morgan fingerprint density at radius 1 is 0.548 bits per heavy atom. The summed E-state index contributed by atoms with van der Waals surface area (Å²) in [4.78, 5) is 9.70. The molecule has 0 amide bonds. The molecule has 4 atom stereocenters. The Hall–Kier alpha value is -3.72. The number of pyridine rings is 2. The van der Waals surface area contributed by atoms with E-state index in [1.165, 1.54) is 21.2 Å². The molecule has 1 aliphatic rings. The standard InChI is InChI=1S/C38H34N2O4P2.C9H18N2O2.2ClH.Ru/c1-41-33-25-31(45(27-17-9-5-10-18-27)28-19-11-6-12-20-28)35(37(39-33)43-3)36-32(26-34(42-2)40-38(36)44-4)46(29-21-13-7-14-22-29)30-23-15-8-16-24-30;1-5(10)7-8(6(2)11)13-9(3,4)12-7;;;/h5-26H,1-4H3;5-8,10-11H,1-4H3;2*1H;/q;-2;;;+4/t;5-,6-,7-,8-;;;/m.1.../s1. The van der Waals surface area contributed by atoms with Crippen LogP contribution in [-0.4, -0.2) is 68.5 Å². The zero-order valence-electron chi connectivity index (χ0n) is 36.0. The predicted octanol–water partition coefficient (Wildman–Crippen LogP) is 8.92. The Bertz CT molecular complexity index is 2050. The fourth-order valence-electron chi connectivity index (χ4n) is 7.35. The molecule has 15 heteroatoms. The number of methoxy groups -OCH3 is 4. The molecule has 1 aliphatic heterocycles. The molecule has 0 bridgehead atoms. The number of hydrogen-bond acceptors (Lipinski definition) is 8. The van der Waals surface area contributed by atoms with Gasteiger partial charge in [0, 0.05) is 12.1 Å². The van der Waals surface area contributed by atoms with E-state index in [2.05, 4.69) is 109 Å².